The third-order valence-corrected chi connectivity index (χ3v) is 10.0. The third kappa shape index (κ3) is 6.00. The first kappa shape index (κ1) is 35.2. The molecule has 9 rings (SSSR count). The van der Waals surface area contributed by atoms with Gasteiger partial charge in [-0.15, -0.1) is 22.1 Å². The zero-order chi connectivity index (χ0) is 35.9. The van der Waals surface area contributed by atoms with Gasteiger partial charge in [-0.05, 0) is 51.1 Å². The van der Waals surface area contributed by atoms with Crippen molar-refractivity contribution in [1.29, 1.82) is 0 Å². The molecule has 0 N–H and O–H groups in total. The Bertz CT molecular complexity index is 2650. The maximum Gasteiger partial charge on any atom is 2.00 e. The second-order valence-corrected chi connectivity index (χ2v) is 13.5. The van der Waals surface area contributed by atoms with E-state index in [-0.39, 0.29) is 25.4 Å². The van der Waals surface area contributed by atoms with E-state index in [9.17, 15) is 0 Å². The molecule has 1 atom stereocenters. The second kappa shape index (κ2) is 14.5. The molecule has 0 fully saturated rings. The minimum absolute atomic E-state index is 0. The molecule has 0 aliphatic carbocycles. The Hall–Kier alpha value is -5.88. The summed E-state index contributed by atoms with van der Waals surface area (Å²) in [5.41, 5.74) is 12.8. The summed E-state index contributed by atoms with van der Waals surface area (Å²) < 4.78 is 13.5. The quantitative estimate of drug-likeness (QED) is 0.157. The van der Waals surface area contributed by atoms with Crippen molar-refractivity contribution in [3.05, 3.63) is 163 Å². The fourth-order valence-corrected chi connectivity index (χ4v) is 7.48. The minimum atomic E-state index is -1.22. The Morgan fingerprint density at radius 3 is 1.28 bits per heavy atom. The number of aromatic nitrogens is 4. The predicted molar refractivity (Wildman–Crippen MR) is 214 cm³/mol. The molecule has 258 valence electrons. The summed E-state index contributed by atoms with van der Waals surface area (Å²) in [6, 6.07) is 49.3. The van der Waals surface area contributed by atoms with Crippen LogP contribution in [0.15, 0.2) is 146 Å². The summed E-state index contributed by atoms with van der Waals surface area (Å²) in [6.07, 6.45) is 4.17. The third-order valence-electron chi connectivity index (χ3n) is 10.0. The van der Waals surface area contributed by atoms with Crippen LogP contribution in [0.3, 0.4) is 0 Å². The van der Waals surface area contributed by atoms with Crippen LogP contribution in [-0.2, 0) is 30.0 Å². The minimum Gasteiger partial charge on any atom is -0.657 e. The second-order valence-electron chi connectivity index (χ2n) is 13.5. The molecule has 0 amide bonds. The van der Waals surface area contributed by atoms with Gasteiger partial charge in [0.2, 0.25) is 5.88 Å². The zero-order valence-electron chi connectivity index (χ0n) is 30.4. The van der Waals surface area contributed by atoms with E-state index >= 15 is 0 Å². The molecule has 54 heavy (non-hydrogen) atoms. The van der Waals surface area contributed by atoms with Crippen LogP contribution < -0.4 is 14.7 Å². The van der Waals surface area contributed by atoms with Gasteiger partial charge in [0, 0.05) is 18.6 Å². The van der Waals surface area contributed by atoms with Gasteiger partial charge in [-0.3, -0.25) is 0 Å². The maximum absolute atomic E-state index is 7.05. The summed E-state index contributed by atoms with van der Waals surface area (Å²) in [5, 5.41) is 0. The van der Waals surface area contributed by atoms with Gasteiger partial charge >= 0.3 is 19.5 Å². The van der Waals surface area contributed by atoms with Gasteiger partial charge in [-0.2, -0.15) is 0 Å². The van der Waals surface area contributed by atoms with Gasteiger partial charge in [0.1, 0.15) is 5.69 Å². The van der Waals surface area contributed by atoms with Gasteiger partial charge in [0.15, 0.2) is 0 Å². The Kier molecular flexibility index (Phi) is 9.45. The van der Waals surface area contributed by atoms with Crippen LogP contribution in [0.2, 0.25) is 0 Å². The van der Waals surface area contributed by atoms with Crippen molar-refractivity contribution in [3.8, 4) is 50.4 Å². The number of ether oxygens (including phenoxy) is 2. The molecule has 3 aromatic heterocycles. The molecule has 8 bridgehead atoms. The fraction of sp³-hybridized carbons (Fsp3) is 0.106. The Morgan fingerprint density at radius 2 is 0.870 bits per heavy atom. The average Bonchev–Trinajstić information content (AvgIpc) is 4.03. The fourth-order valence-electron chi connectivity index (χ4n) is 7.48. The monoisotopic (exact) mass is 752 g/mol. The molecular weight excluding hydrogens is 718 g/mol. The number of nitrogens with zero attached hydrogens (tertiary/aromatic N) is 4. The van der Waals surface area contributed by atoms with Crippen molar-refractivity contribution in [2.75, 3.05) is 7.11 Å². The van der Waals surface area contributed by atoms with Gasteiger partial charge in [-0.25, -0.2) is 9.97 Å². The van der Waals surface area contributed by atoms with E-state index in [0.717, 1.165) is 78.0 Å². The van der Waals surface area contributed by atoms with E-state index in [1.54, 1.807) is 7.11 Å². The number of benzene rings is 4. The van der Waals surface area contributed by atoms with Gasteiger partial charge in [0.25, 0.3) is 5.79 Å². The first-order valence-electron chi connectivity index (χ1n) is 17.9. The summed E-state index contributed by atoms with van der Waals surface area (Å²) in [4.78, 5) is 21.5. The molecule has 2 aliphatic rings. The number of rotatable bonds is 6. The SMILES string of the molecule is COC1(C(C)C)Oc2nc1c(-c1ccccc1)c1ccc([n-]1)c(-c1ccccc1)c1nc(c(-c3ccccc3)c3ccc([n-]3)c2-c2ccccc2)C=C1.[Zn+2]. The van der Waals surface area contributed by atoms with Crippen LogP contribution in [0.5, 0.6) is 5.88 Å². The molecule has 7 heteroatoms. The largest absolute Gasteiger partial charge is 2.00 e. The first-order chi connectivity index (χ1) is 26.0. The van der Waals surface area contributed by atoms with Crippen molar-refractivity contribution in [2.24, 2.45) is 5.92 Å². The van der Waals surface area contributed by atoms with E-state index in [1.165, 1.54) is 0 Å². The molecule has 1 unspecified atom stereocenters. The van der Waals surface area contributed by atoms with Crippen molar-refractivity contribution in [3.63, 3.8) is 0 Å². The van der Waals surface area contributed by atoms with Crippen LogP contribution in [0, 0.1) is 5.92 Å². The molecule has 0 spiro atoms. The Balaban J connectivity index is 0.00000413. The van der Waals surface area contributed by atoms with Crippen LogP contribution in [0.1, 0.15) is 30.9 Å². The summed E-state index contributed by atoms with van der Waals surface area (Å²) in [5.74, 6) is -0.918. The van der Waals surface area contributed by atoms with Gasteiger partial charge in [0.05, 0.1) is 11.4 Å². The van der Waals surface area contributed by atoms with Crippen molar-refractivity contribution < 1.29 is 29.0 Å². The van der Waals surface area contributed by atoms with Crippen LogP contribution in [0.4, 0.5) is 0 Å². The molecule has 2 aliphatic heterocycles. The summed E-state index contributed by atoms with van der Waals surface area (Å²) in [7, 11) is 1.69. The summed E-state index contributed by atoms with van der Waals surface area (Å²) in [6.45, 7) is 4.19. The van der Waals surface area contributed by atoms with Gasteiger partial charge in [-0.1, -0.05) is 159 Å². The standard InChI is InChI=1S/C47H36N4O2.Zn/c1-30(2)47(52-3)45-43(33-20-12-6-13-21-33)39-28-26-37(49-39)41(31-16-8-4-9-17-31)35-24-25-36(48-35)42(32-18-10-5-11-19-32)38-27-29-40(50-38)44(46(51-45)53-47)34-22-14-7-15-23-34;/h4-30H,1-3H3;/q-2;+2. The first-order valence-corrected chi connectivity index (χ1v) is 17.9. The van der Waals surface area contributed by atoms with Crippen LogP contribution in [0.25, 0.3) is 78.7 Å². The molecule has 0 saturated heterocycles. The maximum atomic E-state index is 7.05. The molecular formula is C47H36N4O2Zn. The van der Waals surface area contributed by atoms with Crippen LogP contribution >= 0.6 is 0 Å². The Labute approximate surface area is 327 Å². The normalized spacial score (nSPS) is 14.8. The number of hydrogen-bond acceptors (Lipinski definition) is 4. The van der Waals surface area contributed by atoms with E-state index in [1.807, 2.05) is 78.9 Å². The molecule has 6 nitrogen and oxygen atoms in total. The molecule has 0 radical (unpaired) electrons. The topological polar surface area (TPSA) is 72.4 Å². The van der Waals surface area contributed by atoms with Crippen molar-refractivity contribution in [2.45, 2.75) is 19.6 Å². The van der Waals surface area contributed by atoms with E-state index in [4.69, 9.17) is 29.4 Å². The summed E-state index contributed by atoms with van der Waals surface area (Å²) >= 11 is 0. The van der Waals surface area contributed by atoms with Crippen LogP contribution in [-0.4, -0.2) is 17.1 Å². The number of methoxy groups -OCH3 is 1. The van der Waals surface area contributed by atoms with Gasteiger partial charge < -0.3 is 19.4 Å². The van der Waals surface area contributed by atoms with Crippen molar-refractivity contribution in [1.82, 2.24) is 19.9 Å². The van der Waals surface area contributed by atoms with E-state index < -0.39 is 5.79 Å². The average molecular weight is 754 g/mol. The Morgan fingerprint density at radius 1 is 0.500 bits per heavy atom. The molecule has 5 heterocycles. The molecule has 4 aromatic carbocycles. The number of fused-ring (bicyclic) bond motifs is 8. The number of hydrogen-bond donors (Lipinski definition) is 0. The molecule has 0 saturated carbocycles. The van der Waals surface area contributed by atoms with E-state index in [0.29, 0.717) is 11.6 Å². The smallest absolute Gasteiger partial charge is 0.657 e. The zero-order valence-corrected chi connectivity index (χ0v) is 33.4. The van der Waals surface area contributed by atoms with Crippen molar-refractivity contribution >= 4 is 34.2 Å². The van der Waals surface area contributed by atoms with E-state index in [2.05, 4.69) is 92.7 Å². The molecule has 7 aromatic rings. The predicted octanol–water partition coefficient (Wildman–Crippen LogP) is 10.9.